The molecule has 0 aliphatic carbocycles. The van der Waals surface area contributed by atoms with Gasteiger partial charge in [-0.1, -0.05) is 30.3 Å². The predicted octanol–water partition coefficient (Wildman–Crippen LogP) is 4.53. The fourth-order valence-corrected chi connectivity index (χ4v) is 3.48. The van der Waals surface area contributed by atoms with E-state index in [1.54, 1.807) is 72.8 Å². The number of rotatable bonds is 12. The summed E-state index contributed by atoms with van der Waals surface area (Å²) in [4.78, 5) is 47.6. The number of anilines is 2. The average Bonchev–Trinajstić information content (AvgIpc) is 2.86. The van der Waals surface area contributed by atoms with Crippen LogP contribution in [0.25, 0.3) is 0 Å². The third-order valence-electron chi connectivity index (χ3n) is 5.78. The topological polar surface area (TPSA) is 151 Å². The molecule has 0 saturated carbocycles. The van der Waals surface area contributed by atoms with Crippen LogP contribution in [-0.4, -0.2) is 45.2 Å². The van der Waals surface area contributed by atoms with E-state index in [0.29, 0.717) is 34.0 Å². The highest BCUT2D eigenvalue weighted by Gasteiger charge is 2.30. The molecule has 2 amide bonds. The van der Waals surface area contributed by atoms with E-state index in [2.05, 4.69) is 10.6 Å². The van der Waals surface area contributed by atoms with Crippen molar-refractivity contribution in [3.8, 4) is 11.5 Å². The number of nitrogens with one attached hydrogen (secondary N) is 2. The summed E-state index contributed by atoms with van der Waals surface area (Å²) in [7, 11) is 0. The van der Waals surface area contributed by atoms with Gasteiger partial charge in [-0.05, 0) is 81.3 Å². The van der Waals surface area contributed by atoms with Gasteiger partial charge in [0, 0.05) is 11.4 Å². The smallest absolute Gasteiger partial charge is 0.347 e. The molecule has 0 atom stereocenters. The maximum atomic E-state index is 12.6. The molecule has 3 aromatic carbocycles. The standard InChI is InChI=1S/C30H32N2O8/c1-29(2,27(35)36)39-23-12-8-19(9-13-23)16-25(33)31-21-6-5-7-22(18-21)32-26(34)17-20-10-14-24(15-11-20)40-30(3,4)28(37)38/h5-15,18H,16-17H2,1-4H3,(H,31,33)(H,32,34)(H,35,36)(H,37,38). The van der Waals surface area contributed by atoms with Crippen molar-refractivity contribution in [1.82, 2.24) is 0 Å². The number of hydrogen-bond donors (Lipinski definition) is 4. The van der Waals surface area contributed by atoms with Gasteiger partial charge in [-0.15, -0.1) is 0 Å². The number of ether oxygens (including phenoxy) is 2. The molecule has 3 aromatic rings. The van der Waals surface area contributed by atoms with Gasteiger partial charge in [0.05, 0.1) is 12.8 Å². The molecule has 10 heteroatoms. The number of carboxylic acid groups (broad SMARTS) is 2. The van der Waals surface area contributed by atoms with Gasteiger partial charge in [0.1, 0.15) is 11.5 Å². The summed E-state index contributed by atoms with van der Waals surface area (Å²) >= 11 is 0. The van der Waals surface area contributed by atoms with Crippen LogP contribution in [-0.2, 0) is 32.0 Å². The zero-order valence-corrected chi connectivity index (χ0v) is 22.7. The van der Waals surface area contributed by atoms with Crippen LogP contribution < -0.4 is 20.1 Å². The summed E-state index contributed by atoms with van der Waals surface area (Å²) in [6.45, 7) is 5.80. The second-order valence-electron chi connectivity index (χ2n) is 10.2. The Hall–Kier alpha value is -4.86. The number of aliphatic carboxylic acids is 2. The van der Waals surface area contributed by atoms with Crippen molar-refractivity contribution >= 4 is 35.1 Å². The molecule has 40 heavy (non-hydrogen) atoms. The summed E-state index contributed by atoms with van der Waals surface area (Å²) in [5.41, 5.74) is -0.308. The summed E-state index contributed by atoms with van der Waals surface area (Å²) in [5, 5.41) is 24.0. The molecular formula is C30H32N2O8. The first-order valence-corrected chi connectivity index (χ1v) is 12.5. The SMILES string of the molecule is CC(C)(Oc1ccc(CC(=O)Nc2cccc(NC(=O)Cc3ccc(OC(C)(C)C(=O)O)cc3)c2)cc1)C(=O)O. The van der Waals surface area contributed by atoms with Crippen molar-refractivity contribution in [2.45, 2.75) is 51.7 Å². The maximum Gasteiger partial charge on any atom is 0.347 e. The number of amides is 2. The van der Waals surface area contributed by atoms with Crippen LogP contribution in [0.3, 0.4) is 0 Å². The molecule has 0 heterocycles. The number of carbonyl (C=O) groups excluding carboxylic acids is 2. The monoisotopic (exact) mass is 548 g/mol. The molecule has 0 spiro atoms. The highest BCUT2D eigenvalue weighted by Crippen LogP contribution is 2.22. The lowest BCUT2D eigenvalue weighted by atomic mass is 10.1. The van der Waals surface area contributed by atoms with Gasteiger partial charge in [0.2, 0.25) is 11.8 Å². The van der Waals surface area contributed by atoms with E-state index in [1.165, 1.54) is 27.7 Å². The minimum atomic E-state index is -1.38. The molecule has 0 aromatic heterocycles. The first-order chi connectivity index (χ1) is 18.7. The molecule has 3 rings (SSSR count). The van der Waals surface area contributed by atoms with Crippen molar-refractivity contribution < 1.29 is 38.9 Å². The number of carbonyl (C=O) groups is 4. The van der Waals surface area contributed by atoms with Gasteiger partial charge < -0.3 is 30.3 Å². The Bertz CT molecular complexity index is 1280. The van der Waals surface area contributed by atoms with E-state index in [-0.39, 0.29) is 24.7 Å². The van der Waals surface area contributed by atoms with Crippen molar-refractivity contribution in [3.05, 3.63) is 83.9 Å². The van der Waals surface area contributed by atoms with Crippen LogP contribution >= 0.6 is 0 Å². The van der Waals surface area contributed by atoms with Crippen LogP contribution in [0.15, 0.2) is 72.8 Å². The van der Waals surface area contributed by atoms with E-state index < -0.39 is 23.1 Å². The van der Waals surface area contributed by atoms with Gasteiger partial charge in [-0.25, -0.2) is 9.59 Å². The molecule has 0 aliphatic rings. The minimum Gasteiger partial charge on any atom is -0.478 e. The second-order valence-corrected chi connectivity index (χ2v) is 10.2. The van der Waals surface area contributed by atoms with E-state index in [1.807, 2.05) is 0 Å². The van der Waals surface area contributed by atoms with E-state index in [9.17, 15) is 29.4 Å². The fraction of sp³-hybridized carbons (Fsp3) is 0.267. The van der Waals surface area contributed by atoms with E-state index in [4.69, 9.17) is 9.47 Å². The molecule has 0 radical (unpaired) electrons. The minimum absolute atomic E-state index is 0.0859. The highest BCUT2D eigenvalue weighted by molar-refractivity contribution is 5.95. The quantitative estimate of drug-likeness (QED) is 0.258. The second kappa shape index (κ2) is 12.3. The molecule has 0 saturated heterocycles. The van der Waals surface area contributed by atoms with Crippen molar-refractivity contribution in [3.63, 3.8) is 0 Å². The fourth-order valence-electron chi connectivity index (χ4n) is 3.48. The van der Waals surface area contributed by atoms with Gasteiger partial charge in [0.15, 0.2) is 11.2 Å². The van der Waals surface area contributed by atoms with Crippen molar-refractivity contribution in [2.75, 3.05) is 10.6 Å². The third-order valence-corrected chi connectivity index (χ3v) is 5.78. The predicted molar refractivity (Wildman–Crippen MR) is 149 cm³/mol. The normalized spacial score (nSPS) is 11.3. The molecule has 0 unspecified atom stereocenters. The summed E-state index contributed by atoms with van der Waals surface area (Å²) in [5.74, 6) is -1.94. The first-order valence-electron chi connectivity index (χ1n) is 12.5. The van der Waals surface area contributed by atoms with Crippen LogP contribution in [0.4, 0.5) is 11.4 Å². The zero-order chi connectivity index (χ0) is 29.5. The summed E-state index contributed by atoms with van der Waals surface area (Å²) < 4.78 is 10.9. The Balaban J connectivity index is 1.52. The highest BCUT2D eigenvalue weighted by atomic mass is 16.5. The third kappa shape index (κ3) is 8.59. The molecule has 210 valence electrons. The molecule has 10 nitrogen and oxygen atoms in total. The lowest BCUT2D eigenvalue weighted by Crippen LogP contribution is -2.37. The van der Waals surface area contributed by atoms with Crippen LogP contribution in [0, 0.1) is 0 Å². The van der Waals surface area contributed by atoms with Gasteiger partial charge in [0.25, 0.3) is 0 Å². The van der Waals surface area contributed by atoms with Crippen LogP contribution in [0.1, 0.15) is 38.8 Å². The van der Waals surface area contributed by atoms with Crippen molar-refractivity contribution in [1.29, 1.82) is 0 Å². The Kier molecular flexibility index (Phi) is 9.15. The molecule has 0 aliphatic heterocycles. The summed E-state index contributed by atoms with van der Waals surface area (Å²) in [6.07, 6.45) is 0.172. The molecule has 0 bridgehead atoms. The van der Waals surface area contributed by atoms with E-state index >= 15 is 0 Å². The van der Waals surface area contributed by atoms with Gasteiger partial charge in [-0.3, -0.25) is 9.59 Å². The summed E-state index contributed by atoms with van der Waals surface area (Å²) in [6, 6.07) is 20.0. The van der Waals surface area contributed by atoms with Gasteiger partial charge in [-0.2, -0.15) is 0 Å². The van der Waals surface area contributed by atoms with Gasteiger partial charge >= 0.3 is 11.9 Å². The largest absolute Gasteiger partial charge is 0.478 e. The lowest BCUT2D eigenvalue weighted by molar-refractivity contribution is -0.152. The average molecular weight is 549 g/mol. The van der Waals surface area contributed by atoms with E-state index in [0.717, 1.165) is 0 Å². The molecular weight excluding hydrogens is 516 g/mol. The zero-order valence-electron chi connectivity index (χ0n) is 22.7. The number of carboxylic acids is 2. The molecule has 4 N–H and O–H groups in total. The Labute approximate surface area is 231 Å². The number of hydrogen-bond acceptors (Lipinski definition) is 6. The van der Waals surface area contributed by atoms with Crippen LogP contribution in [0.2, 0.25) is 0 Å². The Morgan fingerprint density at radius 1 is 0.625 bits per heavy atom. The van der Waals surface area contributed by atoms with Crippen molar-refractivity contribution in [2.24, 2.45) is 0 Å². The maximum absolute atomic E-state index is 12.6. The lowest BCUT2D eigenvalue weighted by Gasteiger charge is -2.21. The van der Waals surface area contributed by atoms with Crippen LogP contribution in [0.5, 0.6) is 11.5 Å². The first kappa shape index (κ1) is 29.7. The molecule has 0 fully saturated rings. The number of benzene rings is 3. The Morgan fingerprint density at radius 3 is 1.30 bits per heavy atom. The Morgan fingerprint density at radius 2 is 0.975 bits per heavy atom.